The van der Waals surface area contributed by atoms with Crippen molar-refractivity contribution in [3.63, 3.8) is 0 Å². The molecule has 0 aromatic heterocycles. The molecule has 0 saturated heterocycles. The summed E-state index contributed by atoms with van der Waals surface area (Å²) in [7, 11) is 0. The minimum absolute atomic E-state index is 0.00386. The summed E-state index contributed by atoms with van der Waals surface area (Å²) in [5, 5.41) is 21.5. The second-order valence-corrected chi connectivity index (χ2v) is 9.11. The van der Waals surface area contributed by atoms with Crippen LogP contribution in [-0.4, -0.2) is 40.0 Å². The van der Waals surface area contributed by atoms with Crippen LogP contribution in [0.1, 0.15) is 40.0 Å². The third-order valence-corrected chi connectivity index (χ3v) is 7.90. The molecule has 25 heavy (non-hydrogen) atoms. The van der Waals surface area contributed by atoms with E-state index in [4.69, 9.17) is 0 Å². The number of halogens is 2. The Morgan fingerprint density at radius 1 is 1.20 bits per heavy atom. The van der Waals surface area contributed by atoms with Crippen LogP contribution in [0.4, 0.5) is 8.78 Å². The number of carbonyl (C=O) groups excluding carboxylic acids is 1. The summed E-state index contributed by atoms with van der Waals surface area (Å²) >= 11 is 0. The zero-order valence-electron chi connectivity index (χ0n) is 14.9. The Hall–Kier alpha value is -1.07. The zero-order valence-corrected chi connectivity index (χ0v) is 14.9. The number of hydrogen-bond donors (Lipinski definition) is 2. The first kappa shape index (κ1) is 17.3. The molecule has 5 heteroatoms. The lowest BCUT2D eigenvalue weighted by Gasteiger charge is -2.62. The van der Waals surface area contributed by atoms with Gasteiger partial charge >= 0.3 is 0 Å². The van der Waals surface area contributed by atoms with Crippen LogP contribution in [0.2, 0.25) is 0 Å². The van der Waals surface area contributed by atoms with Gasteiger partial charge in [0.25, 0.3) is 0 Å². The highest BCUT2D eigenvalue weighted by molar-refractivity contribution is 6.01. The highest BCUT2D eigenvalue weighted by Crippen LogP contribution is 2.68. The van der Waals surface area contributed by atoms with Crippen molar-refractivity contribution in [3.05, 3.63) is 23.8 Å². The number of rotatable bonds is 0. The summed E-state index contributed by atoms with van der Waals surface area (Å²) in [6.07, 6.45) is 1.33. The lowest BCUT2D eigenvalue weighted by atomic mass is 9.45. The molecule has 3 nitrogen and oxygen atoms in total. The number of carbonyl (C=O) groups is 1. The molecule has 0 radical (unpaired) electrons. The van der Waals surface area contributed by atoms with Crippen LogP contribution in [0.25, 0.3) is 0 Å². The van der Waals surface area contributed by atoms with Crippen LogP contribution < -0.4 is 0 Å². The molecule has 0 aromatic rings. The Labute approximate surface area is 146 Å². The maximum absolute atomic E-state index is 16.6. The van der Waals surface area contributed by atoms with Gasteiger partial charge in [-0.05, 0) is 61.2 Å². The maximum atomic E-state index is 16.6. The predicted octanol–water partition coefficient (Wildman–Crippen LogP) is 2.91. The van der Waals surface area contributed by atoms with Crippen LogP contribution in [0, 0.1) is 28.6 Å². The average molecular weight is 352 g/mol. The van der Waals surface area contributed by atoms with Crippen molar-refractivity contribution in [1.82, 2.24) is 0 Å². The van der Waals surface area contributed by atoms with Gasteiger partial charge < -0.3 is 10.2 Å². The molecule has 4 unspecified atom stereocenters. The SMILES string of the molecule is CC1C[C@H]2[C@@H]3CC(F)C4=CC(=O)C=C[C@]4(C)[C@]3(F)C(O)C[C@]2(C)C1O. The largest absolute Gasteiger partial charge is 0.392 e. The fourth-order valence-corrected chi connectivity index (χ4v) is 6.55. The van der Waals surface area contributed by atoms with E-state index in [9.17, 15) is 15.0 Å². The Balaban J connectivity index is 1.86. The van der Waals surface area contributed by atoms with E-state index in [1.54, 1.807) is 6.92 Å². The molecule has 0 aromatic carbocycles. The van der Waals surface area contributed by atoms with Gasteiger partial charge in [0.1, 0.15) is 6.17 Å². The number of fused-ring (bicyclic) bond motifs is 5. The Morgan fingerprint density at radius 3 is 2.56 bits per heavy atom. The first-order valence-corrected chi connectivity index (χ1v) is 9.20. The standard InChI is InChI=1S/C20H26F2O3/c1-10-6-12-13-8-15(21)14-7-11(23)4-5-19(14,3)20(13,22)16(24)9-18(12,2)17(10)25/h4-5,7,10,12-13,15-17,24-25H,6,8-9H2,1-3H3/t10?,12-,13-,15?,16?,17?,18-,19-,20+/m0/s1. The lowest BCUT2D eigenvalue weighted by molar-refractivity contribution is -0.207. The van der Waals surface area contributed by atoms with Crippen molar-refractivity contribution in [2.45, 2.75) is 64.1 Å². The normalized spacial score (nSPS) is 57.6. The molecular formula is C20H26F2O3. The second kappa shape index (κ2) is 5.01. The van der Waals surface area contributed by atoms with Gasteiger partial charge in [-0.25, -0.2) is 8.78 Å². The van der Waals surface area contributed by atoms with E-state index in [1.165, 1.54) is 18.2 Å². The van der Waals surface area contributed by atoms with Crippen molar-refractivity contribution < 1.29 is 23.8 Å². The van der Waals surface area contributed by atoms with E-state index >= 15 is 8.78 Å². The summed E-state index contributed by atoms with van der Waals surface area (Å²) in [4.78, 5) is 11.7. The van der Waals surface area contributed by atoms with Crippen molar-refractivity contribution in [2.24, 2.45) is 28.6 Å². The van der Waals surface area contributed by atoms with Crippen molar-refractivity contribution in [3.8, 4) is 0 Å². The monoisotopic (exact) mass is 352 g/mol. The van der Waals surface area contributed by atoms with Gasteiger partial charge in [0.2, 0.25) is 0 Å². The van der Waals surface area contributed by atoms with E-state index in [2.05, 4.69) is 0 Å². The predicted molar refractivity (Wildman–Crippen MR) is 89.2 cm³/mol. The van der Waals surface area contributed by atoms with Gasteiger partial charge in [-0.1, -0.05) is 19.9 Å². The van der Waals surface area contributed by atoms with Crippen LogP contribution >= 0.6 is 0 Å². The molecule has 138 valence electrons. The topological polar surface area (TPSA) is 57.5 Å². The van der Waals surface area contributed by atoms with Gasteiger partial charge in [-0.15, -0.1) is 0 Å². The number of aliphatic hydroxyl groups excluding tert-OH is 2. The summed E-state index contributed by atoms with van der Waals surface area (Å²) in [6, 6.07) is 0. The van der Waals surface area contributed by atoms with Crippen molar-refractivity contribution in [2.75, 3.05) is 0 Å². The van der Waals surface area contributed by atoms with Gasteiger partial charge in [0, 0.05) is 11.3 Å². The molecule has 9 atom stereocenters. The summed E-state index contributed by atoms with van der Waals surface area (Å²) < 4.78 is 31.6. The molecule has 4 aliphatic rings. The number of ketones is 1. The first-order valence-electron chi connectivity index (χ1n) is 9.20. The number of alkyl halides is 2. The molecule has 0 heterocycles. The van der Waals surface area contributed by atoms with Crippen LogP contribution in [0.3, 0.4) is 0 Å². The minimum Gasteiger partial charge on any atom is -0.392 e. The van der Waals surface area contributed by atoms with E-state index in [0.29, 0.717) is 6.42 Å². The fourth-order valence-electron chi connectivity index (χ4n) is 6.55. The third kappa shape index (κ3) is 1.89. The van der Waals surface area contributed by atoms with Gasteiger partial charge in [-0.2, -0.15) is 0 Å². The summed E-state index contributed by atoms with van der Waals surface area (Å²) in [5.41, 5.74) is -3.83. The Bertz CT molecular complexity index is 688. The van der Waals surface area contributed by atoms with Crippen LogP contribution in [0.15, 0.2) is 23.8 Å². The van der Waals surface area contributed by atoms with E-state index < -0.39 is 40.8 Å². The van der Waals surface area contributed by atoms with E-state index in [-0.39, 0.29) is 36.0 Å². The molecular weight excluding hydrogens is 326 g/mol. The van der Waals surface area contributed by atoms with Crippen molar-refractivity contribution in [1.29, 1.82) is 0 Å². The quantitative estimate of drug-likeness (QED) is 0.705. The number of aliphatic hydroxyl groups is 2. The molecule has 0 amide bonds. The smallest absolute Gasteiger partial charge is 0.178 e. The van der Waals surface area contributed by atoms with Gasteiger partial charge in [0.15, 0.2) is 11.5 Å². The Kier molecular flexibility index (Phi) is 3.47. The van der Waals surface area contributed by atoms with Crippen LogP contribution in [0.5, 0.6) is 0 Å². The average Bonchev–Trinajstić information content (AvgIpc) is 2.76. The Morgan fingerprint density at radius 2 is 1.88 bits per heavy atom. The second-order valence-electron chi connectivity index (χ2n) is 9.11. The number of hydrogen-bond acceptors (Lipinski definition) is 3. The van der Waals surface area contributed by atoms with Crippen molar-refractivity contribution >= 4 is 5.78 Å². The molecule has 3 saturated carbocycles. The molecule has 2 N–H and O–H groups in total. The fraction of sp³-hybridized carbons (Fsp3) is 0.750. The lowest BCUT2D eigenvalue weighted by Crippen LogP contribution is -2.68. The summed E-state index contributed by atoms with van der Waals surface area (Å²) in [5.74, 6) is -1.21. The number of allylic oxidation sites excluding steroid dienone is 4. The molecule has 3 fully saturated rings. The first-order chi connectivity index (χ1) is 11.6. The van der Waals surface area contributed by atoms with E-state index in [0.717, 1.165) is 0 Å². The van der Waals surface area contributed by atoms with Gasteiger partial charge in [0.05, 0.1) is 12.2 Å². The maximum Gasteiger partial charge on any atom is 0.178 e. The third-order valence-electron chi connectivity index (χ3n) is 7.90. The van der Waals surface area contributed by atoms with E-state index in [1.807, 2.05) is 13.8 Å². The summed E-state index contributed by atoms with van der Waals surface area (Å²) in [6.45, 7) is 5.43. The highest BCUT2D eigenvalue weighted by atomic mass is 19.1. The zero-order chi connectivity index (χ0) is 18.4. The molecule has 0 spiro atoms. The van der Waals surface area contributed by atoms with Gasteiger partial charge in [-0.3, -0.25) is 4.79 Å². The molecule has 0 bridgehead atoms. The molecule has 0 aliphatic heterocycles. The molecule has 4 rings (SSSR count). The van der Waals surface area contributed by atoms with Crippen LogP contribution in [-0.2, 0) is 4.79 Å². The highest BCUT2D eigenvalue weighted by Gasteiger charge is 2.72. The molecule has 4 aliphatic carbocycles. The minimum atomic E-state index is -2.04.